The van der Waals surface area contributed by atoms with Gasteiger partial charge in [0.25, 0.3) is 5.91 Å². The number of ether oxygens (including phenoxy) is 1. The summed E-state index contributed by atoms with van der Waals surface area (Å²) >= 11 is 8.46. The number of amides is 1. The third-order valence-electron chi connectivity index (χ3n) is 4.47. The van der Waals surface area contributed by atoms with Gasteiger partial charge in [-0.05, 0) is 91.7 Å². The summed E-state index contributed by atoms with van der Waals surface area (Å²) in [6.45, 7) is 4.08. The van der Waals surface area contributed by atoms with Crippen molar-refractivity contribution < 1.29 is 9.53 Å². The van der Waals surface area contributed by atoms with Gasteiger partial charge >= 0.3 is 0 Å². The fourth-order valence-electron chi connectivity index (χ4n) is 3.06. The van der Waals surface area contributed by atoms with E-state index in [1.54, 1.807) is 11.0 Å². The molecule has 0 N–H and O–H groups in total. The maximum atomic E-state index is 13.4. The number of thioether (sulfide) groups is 1. The molecule has 0 saturated carbocycles. The molecule has 4 nitrogen and oxygen atoms in total. The van der Waals surface area contributed by atoms with Crippen molar-refractivity contribution >= 4 is 72.1 Å². The molecule has 0 unspecified atom stereocenters. The molecule has 0 radical (unpaired) electrons. The van der Waals surface area contributed by atoms with Crippen LogP contribution in [-0.4, -0.2) is 17.7 Å². The SMILES string of the molecule is C=CCOc1c(Br)cc(/C=C2/SC(=Nc3ccccc3)N(c3ccccc3)C2=O)cc1Br. The Morgan fingerprint density at radius 2 is 1.62 bits per heavy atom. The van der Waals surface area contributed by atoms with E-state index in [-0.39, 0.29) is 5.91 Å². The third kappa shape index (κ3) is 5.06. The molecular formula is C25H18Br2N2O2S. The summed E-state index contributed by atoms with van der Waals surface area (Å²) in [5.41, 5.74) is 2.43. The number of carbonyl (C=O) groups is 1. The lowest BCUT2D eigenvalue weighted by Gasteiger charge is -2.15. The zero-order valence-electron chi connectivity index (χ0n) is 16.9. The minimum Gasteiger partial charge on any atom is -0.487 e. The van der Waals surface area contributed by atoms with Crippen molar-refractivity contribution in [2.24, 2.45) is 4.99 Å². The van der Waals surface area contributed by atoms with E-state index in [4.69, 9.17) is 9.73 Å². The molecule has 32 heavy (non-hydrogen) atoms. The van der Waals surface area contributed by atoms with Gasteiger partial charge in [-0.15, -0.1) is 0 Å². The summed E-state index contributed by atoms with van der Waals surface area (Å²) in [6.07, 6.45) is 3.55. The molecule has 1 heterocycles. The van der Waals surface area contributed by atoms with E-state index in [0.717, 1.165) is 25.9 Å². The summed E-state index contributed by atoms with van der Waals surface area (Å²) in [6, 6.07) is 23.0. The van der Waals surface area contributed by atoms with Gasteiger partial charge in [0.15, 0.2) is 5.17 Å². The van der Waals surface area contributed by atoms with Crippen LogP contribution >= 0.6 is 43.6 Å². The normalized spacial score (nSPS) is 16.1. The highest BCUT2D eigenvalue weighted by Crippen LogP contribution is 2.39. The monoisotopic (exact) mass is 568 g/mol. The van der Waals surface area contributed by atoms with Crippen LogP contribution in [0.2, 0.25) is 0 Å². The van der Waals surface area contributed by atoms with E-state index >= 15 is 0 Å². The Labute approximate surface area is 208 Å². The van der Waals surface area contributed by atoms with Crippen molar-refractivity contribution in [3.05, 3.63) is 105 Å². The van der Waals surface area contributed by atoms with Gasteiger partial charge in [0.2, 0.25) is 0 Å². The van der Waals surface area contributed by atoms with Gasteiger partial charge in [0, 0.05) is 0 Å². The Balaban J connectivity index is 1.72. The first-order valence-corrected chi connectivity index (χ1v) is 12.1. The lowest BCUT2D eigenvalue weighted by atomic mass is 10.2. The number of hydrogen-bond donors (Lipinski definition) is 0. The molecule has 160 valence electrons. The van der Waals surface area contributed by atoms with Gasteiger partial charge in [-0.25, -0.2) is 4.99 Å². The first-order chi connectivity index (χ1) is 15.6. The van der Waals surface area contributed by atoms with Crippen molar-refractivity contribution in [3.63, 3.8) is 0 Å². The molecule has 7 heteroatoms. The van der Waals surface area contributed by atoms with Crippen LogP contribution in [0.25, 0.3) is 6.08 Å². The number of aliphatic imine (C=N–C) groups is 1. The number of benzene rings is 3. The maximum absolute atomic E-state index is 13.4. The van der Waals surface area contributed by atoms with Crippen molar-refractivity contribution in [2.75, 3.05) is 11.5 Å². The average Bonchev–Trinajstić information content (AvgIpc) is 3.09. The Bertz CT molecular complexity index is 1190. The fourth-order valence-corrected chi connectivity index (χ4v) is 5.51. The number of carbonyl (C=O) groups excluding carboxylic acids is 1. The molecule has 0 spiro atoms. The number of rotatable bonds is 6. The van der Waals surface area contributed by atoms with Crippen molar-refractivity contribution in [3.8, 4) is 5.75 Å². The minimum absolute atomic E-state index is 0.116. The molecule has 1 fully saturated rings. The van der Waals surface area contributed by atoms with E-state index in [0.29, 0.717) is 22.4 Å². The van der Waals surface area contributed by atoms with Crippen molar-refractivity contribution in [2.45, 2.75) is 0 Å². The van der Waals surface area contributed by atoms with E-state index in [1.165, 1.54) is 11.8 Å². The number of nitrogens with zero attached hydrogens (tertiary/aromatic N) is 2. The van der Waals surface area contributed by atoms with Crippen LogP contribution < -0.4 is 9.64 Å². The molecule has 0 aromatic heterocycles. The fraction of sp³-hybridized carbons (Fsp3) is 0.0400. The minimum atomic E-state index is -0.116. The summed E-state index contributed by atoms with van der Waals surface area (Å²) < 4.78 is 7.26. The molecule has 1 aliphatic heterocycles. The summed E-state index contributed by atoms with van der Waals surface area (Å²) in [4.78, 5) is 20.4. The smallest absolute Gasteiger partial charge is 0.271 e. The highest BCUT2D eigenvalue weighted by molar-refractivity contribution is 9.11. The highest BCUT2D eigenvalue weighted by atomic mass is 79.9. The number of amidine groups is 1. The van der Waals surface area contributed by atoms with Gasteiger partial charge in [-0.3, -0.25) is 9.69 Å². The predicted molar refractivity (Wildman–Crippen MR) is 141 cm³/mol. The molecule has 1 amide bonds. The first kappa shape index (κ1) is 22.6. The molecule has 0 bridgehead atoms. The van der Waals surface area contributed by atoms with Gasteiger partial charge < -0.3 is 4.74 Å². The molecule has 4 rings (SSSR count). The van der Waals surface area contributed by atoms with Crippen LogP contribution in [0, 0.1) is 0 Å². The second-order valence-corrected chi connectivity index (χ2v) is 9.45. The topological polar surface area (TPSA) is 41.9 Å². The Kier molecular flexibility index (Phi) is 7.29. The average molecular weight is 570 g/mol. The zero-order chi connectivity index (χ0) is 22.5. The largest absolute Gasteiger partial charge is 0.487 e. The van der Waals surface area contributed by atoms with Crippen LogP contribution in [0.3, 0.4) is 0 Å². The Morgan fingerprint density at radius 3 is 2.25 bits per heavy atom. The lowest BCUT2D eigenvalue weighted by Crippen LogP contribution is -2.28. The van der Waals surface area contributed by atoms with E-state index in [9.17, 15) is 4.79 Å². The molecule has 3 aromatic rings. The third-order valence-corrected chi connectivity index (χ3v) is 6.61. The van der Waals surface area contributed by atoms with Crippen molar-refractivity contribution in [1.29, 1.82) is 0 Å². The standard InChI is InChI=1S/C25H18Br2N2O2S/c1-2-13-31-23-20(26)14-17(15-21(23)27)16-22-24(30)29(19-11-7-4-8-12-19)25(32-22)28-18-9-5-3-6-10-18/h2-12,14-16H,1,13H2/b22-16+,28-25?. The number of hydrogen-bond acceptors (Lipinski definition) is 4. The van der Waals surface area contributed by atoms with Crippen LogP contribution in [0.4, 0.5) is 11.4 Å². The zero-order valence-corrected chi connectivity index (χ0v) is 20.9. The number of halogens is 2. The van der Waals surface area contributed by atoms with E-state index < -0.39 is 0 Å². The van der Waals surface area contributed by atoms with Crippen LogP contribution in [0.15, 0.2) is 104 Å². The van der Waals surface area contributed by atoms with Gasteiger partial charge in [-0.1, -0.05) is 49.1 Å². The lowest BCUT2D eigenvalue weighted by molar-refractivity contribution is -0.113. The summed E-state index contributed by atoms with van der Waals surface area (Å²) in [5, 5.41) is 0.614. The quantitative estimate of drug-likeness (QED) is 0.227. The van der Waals surface area contributed by atoms with E-state index in [1.807, 2.05) is 78.9 Å². The molecule has 1 aliphatic rings. The second-order valence-electron chi connectivity index (χ2n) is 6.73. The maximum Gasteiger partial charge on any atom is 0.271 e. The molecule has 1 saturated heterocycles. The van der Waals surface area contributed by atoms with Crippen molar-refractivity contribution in [1.82, 2.24) is 0 Å². The second kappa shape index (κ2) is 10.3. The molecular weight excluding hydrogens is 552 g/mol. The Hall–Kier alpha value is -2.61. The molecule has 3 aromatic carbocycles. The summed E-state index contributed by atoms with van der Waals surface area (Å²) in [7, 11) is 0. The van der Waals surface area contributed by atoms with Gasteiger partial charge in [-0.2, -0.15) is 0 Å². The molecule has 0 atom stereocenters. The molecule has 0 aliphatic carbocycles. The highest BCUT2D eigenvalue weighted by Gasteiger charge is 2.34. The predicted octanol–water partition coefficient (Wildman–Crippen LogP) is 7.59. The van der Waals surface area contributed by atoms with Gasteiger partial charge in [0.1, 0.15) is 12.4 Å². The first-order valence-electron chi connectivity index (χ1n) is 9.72. The van der Waals surface area contributed by atoms with Crippen LogP contribution in [0.1, 0.15) is 5.56 Å². The summed E-state index contributed by atoms with van der Waals surface area (Å²) in [5.74, 6) is 0.574. The number of anilines is 1. The van der Waals surface area contributed by atoms with Gasteiger partial charge in [0.05, 0.1) is 25.2 Å². The van der Waals surface area contributed by atoms with Crippen LogP contribution in [0.5, 0.6) is 5.75 Å². The van der Waals surface area contributed by atoms with Crippen LogP contribution in [-0.2, 0) is 4.79 Å². The van der Waals surface area contributed by atoms with E-state index in [2.05, 4.69) is 38.4 Å². The number of para-hydroxylation sites is 2. The Morgan fingerprint density at radius 1 is 1.00 bits per heavy atom.